The van der Waals surface area contributed by atoms with Crippen LogP contribution in [0.15, 0.2) is 17.0 Å². The Kier molecular flexibility index (Phi) is 2.20. The maximum absolute atomic E-state index is 10.8. The number of aromatic nitrogens is 3. The zero-order valence-corrected chi connectivity index (χ0v) is 8.39. The van der Waals surface area contributed by atoms with Crippen molar-refractivity contribution in [1.82, 2.24) is 14.7 Å². The summed E-state index contributed by atoms with van der Waals surface area (Å²) in [6.45, 7) is 0. The Labute approximate surface area is 89.1 Å². The molecule has 7 heteroatoms. The van der Waals surface area contributed by atoms with Crippen LogP contribution in [0.4, 0.5) is 0 Å². The lowest BCUT2D eigenvalue weighted by Gasteiger charge is -1.98. The summed E-state index contributed by atoms with van der Waals surface area (Å²) in [5, 5.41) is 12.5. The molecule has 0 saturated carbocycles. The second-order valence-electron chi connectivity index (χ2n) is 2.87. The Balaban J connectivity index is 2.64. The second kappa shape index (κ2) is 3.39. The van der Waals surface area contributed by atoms with E-state index in [1.54, 1.807) is 11.6 Å². The number of carbonyl (C=O) groups is 1. The quantitative estimate of drug-likeness (QED) is 0.839. The number of aromatic carboxylic acids is 1. The van der Waals surface area contributed by atoms with Gasteiger partial charge in [-0.1, -0.05) is 16.8 Å². The molecule has 6 nitrogen and oxygen atoms in total. The molecule has 0 spiro atoms. The third kappa shape index (κ3) is 1.48. The number of nitrogens with zero attached hydrogens (tertiary/aromatic N) is 3. The molecule has 2 rings (SSSR count). The normalized spacial score (nSPS) is 10.5. The van der Waals surface area contributed by atoms with Crippen molar-refractivity contribution in [1.29, 1.82) is 0 Å². The van der Waals surface area contributed by atoms with Gasteiger partial charge in [-0.15, -0.1) is 0 Å². The molecule has 1 N–H and O–H groups in total. The van der Waals surface area contributed by atoms with Crippen molar-refractivity contribution in [3.8, 4) is 11.5 Å². The van der Waals surface area contributed by atoms with E-state index in [2.05, 4.69) is 10.1 Å². The highest BCUT2D eigenvalue weighted by Crippen LogP contribution is 2.28. The van der Waals surface area contributed by atoms with E-state index >= 15 is 0 Å². The van der Waals surface area contributed by atoms with Gasteiger partial charge in [-0.3, -0.25) is 0 Å². The third-order valence-electron chi connectivity index (χ3n) is 1.91. The zero-order valence-electron chi connectivity index (χ0n) is 7.64. The summed E-state index contributed by atoms with van der Waals surface area (Å²) in [4.78, 5) is 14.6. The lowest BCUT2D eigenvalue weighted by atomic mass is 10.2. The molecule has 0 aliphatic carbocycles. The summed E-state index contributed by atoms with van der Waals surface area (Å²) >= 11 is 5.80. The Hall–Kier alpha value is -1.82. The summed E-state index contributed by atoms with van der Waals surface area (Å²) in [7, 11) is 1.68. The minimum atomic E-state index is -1.12. The van der Waals surface area contributed by atoms with Crippen LogP contribution in [0.2, 0.25) is 5.15 Å². The predicted molar refractivity (Wildman–Crippen MR) is 50.7 cm³/mol. The molecule has 2 aromatic rings. The van der Waals surface area contributed by atoms with E-state index in [9.17, 15) is 4.79 Å². The average molecular weight is 228 g/mol. The van der Waals surface area contributed by atoms with Crippen molar-refractivity contribution >= 4 is 17.6 Å². The summed E-state index contributed by atoms with van der Waals surface area (Å²) < 4.78 is 6.42. The van der Waals surface area contributed by atoms with E-state index < -0.39 is 5.97 Å². The number of halogens is 1. The molecule has 0 fully saturated rings. The van der Waals surface area contributed by atoms with Gasteiger partial charge in [-0.2, -0.15) is 0 Å². The molecule has 0 radical (unpaired) electrons. The van der Waals surface area contributed by atoms with Gasteiger partial charge in [-0.25, -0.2) is 9.78 Å². The fourth-order valence-corrected chi connectivity index (χ4v) is 1.48. The van der Waals surface area contributed by atoms with Crippen LogP contribution < -0.4 is 0 Å². The SMILES string of the molecule is Cn1cnc(Cl)c1-c1oncc1C(=O)O. The van der Waals surface area contributed by atoms with Crippen LogP contribution in [0.5, 0.6) is 0 Å². The maximum Gasteiger partial charge on any atom is 0.341 e. The Morgan fingerprint density at radius 2 is 2.40 bits per heavy atom. The largest absolute Gasteiger partial charge is 0.477 e. The van der Waals surface area contributed by atoms with Gasteiger partial charge in [0.2, 0.25) is 5.76 Å². The molecule has 2 heterocycles. The van der Waals surface area contributed by atoms with Crippen LogP contribution in [-0.4, -0.2) is 25.8 Å². The standard InChI is InChI=1S/C8H6ClN3O3/c1-12-3-10-7(9)5(12)6-4(8(13)14)2-11-15-6/h2-3H,1H3,(H,13,14). The fourth-order valence-electron chi connectivity index (χ4n) is 1.22. The van der Waals surface area contributed by atoms with E-state index in [4.69, 9.17) is 21.2 Å². The van der Waals surface area contributed by atoms with E-state index in [1.807, 2.05) is 0 Å². The fraction of sp³-hybridized carbons (Fsp3) is 0.125. The Morgan fingerprint density at radius 1 is 1.67 bits per heavy atom. The first kappa shape index (κ1) is 9.72. The number of carboxylic acids is 1. The number of hydrogen-bond acceptors (Lipinski definition) is 4. The first-order valence-corrected chi connectivity index (χ1v) is 4.34. The molecule has 0 amide bonds. The highest BCUT2D eigenvalue weighted by Gasteiger charge is 2.22. The molecular formula is C8H6ClN3O3. The lowest BCUT2D eigenvalue weighted by Crippen LogP contribution is -1.98. The summed E-state index contributed by atoms with van der Waals surface area (Å²) in [6.07, 6.45) is 2.59. The van der Waals surface area contributed by atoms with Crippen LogP contribution in [0.25, 0.3) is 11.5 Å². The third-order valence-corrected chi connectivity index (χ3v) is 2.18. The summed E-state index contributed by atoms with van der Waals surface area (Å²) in [5.41, 5.74) is 0.354. The molecule has 0 aliphatic heterocycles. The molecule has 0 aromatic carbocycles. The van der Waals surface area contributed by atoms with Crippen LogP contribution in [0.1, 0.15) is 10.4 Å². The van der Waals surface area contributed by atoms with Crippen LogP contribution >= 0.6 is 11.6 Å². The van der Waals surface area contributed by atoms with Crippen molar-refractivity contribution in [2.75, 3.05) is 0 Å². The molecule has 0 atom stereocenters. The molecule has 0 saturated heterocycles. The zero-order chi connectivity index (χ0) is 11.0. The topological polar surface area (TPSA) is 81.2 Å². The molecule has 15 heavy (non-hydrogen) atoms. The number of hydrogen-bond donors (Lipinski definition) is 1. The van der Waals surface area contributed by atoms with E-state index in [1.165, 1.54) is 6.33 Å². The van der Waals surface area contributed by atoms with Gasteiger partial charge in [0.1, 0.15) is 11.3 Å². The summed E-state index contributed by atoms with van der Waals surface area (Å²) in [5.74, 6) is -1.02. The highest BCUT2D eigenvalue weighted by molar-refractivity contribution is 6.32. The van der Waals surface area contributed by atoms with Gasteiger partial charge in [0.25, 0.3) is 0 Å². The predicted octanol–water partition coefficient (Wildman–Crippen LogP) is 1.43. The number of rotatable bonds is 2. The van der Waals surface area contributed by atoms with Gasteiger partial charge < -0.3 is 14.2 Å². The van der Waals surface area contributed by atoms with Gasteiger partial charge in [0, 0.05) is 7.05 Å². The molecular weight excluding hydrogens is 222 g/mol. The van der Waals surface area contributed by atoms with Crippen LogP contribution in [0.3, 0.4) is 0 Å². The number of carboxylic acid groups (broad SMARTS) is 1. The van der Waals surface area contributed by atoms with Crippen molar-refractivity contribution in [3.63, 3.8) is 0 Å². The molecule has 0 aliphatic rings. The smallest absolute Gasteiger partial charge is 0.341 e. The van der Waals surface area contributed by atoms with Crippen molar-refractivity contribution in [3.05, 3.63) is 23.2 Å². The Morgan fingerprint density at radius 3 is 2.93 bits per heavy atom. The van der Waals surface area contributed by atoms with Gasteiger partial charge >= 0.3 is 5.97 Å². The van der Waals surface area contributed by atoms with Crippen molar-refractivity contribution in [2.24, 2.45) is 7.05 Å². The van der Waals surface area contributed by atoms with Gasteiger partial charge in [0.15, 0.2) is 5.15 Å². The Bertz CT molecular complexity index is 497. The first-order chi connectivity index (χ1) is 7.11. The monoisotopic (exact) mass is 227 g/mol. The minimum Gasteiger partial charge on any atom is -0.477 e. The average Bonchev–Trinajstić information content (AvgIpc) is 2.73. The maximum atomic E-state index is 10.8. The van der Waals surface area contributed by atoms with Crippen molar-refractivity contribution < 1.29 is 14.4 Å². The number of imidazole rings is 1. The summed E-state index contributed by atoms with van der Waals surface area (Å²) in [6, 6.07) is 0. The lowest BCUT2D eigenvalue weighted by molar-refractivity contribution is 0.0697. The highest BCUT2D eigenvalue weighted by atomic mass is 35.5. The minimum absolute atomic E-state index is 0.0412. The molecule has 78 valence electrons. The molecule has 0 unspecified atom stereocenters. The first-order valence-electron chi connectivity index (χ1n) is 3.96. The van der Waals surface area contributed by atoms with E-state index in [-0.39, 0.29) is 16.5 Å². The van der Waals surface area contributed by atoms with E-state index in [0.717, 1.165) is 6.20 Å². The van der Waals surface area contributed by atoms with Gasteiger partial charge in [-0.05, 0) is 0 Å². The van der Waals surface area contributed by atoms with E-state index in [0.29, 0.717) is 5.69 Å². The number of aryl methyl sites for hydroxylation is 1. The van der Waals surface area contributed by atoms with Gasteiger partial charge in [0.05, 0.1) is 12.5 Å². The molecule has 2 aromatic heterocycles. The van der Waals surface area contributed by atoms with Crippen molar-refractivity contribution in [2.45, 2.75) is 0 Å². The van der Waals surface area contributed by atoms with Crippen LogP contribution in [0, 0.1) is 0 Å². The second-order valence-corrected chi connectivity index (χ2v) is 3.23. The molecule has 0 bridgehead atoms. The van der Waals surface area contributed by atoms with Crippen LogP contribution in [-0.2, 0) is 7.05 Å².